The molecule has 1 aliphatic rings. The molecule has 106 valence electrons. The lowest BCUT2D eigenvalue weighted by atomic mass is 9.98. The third-order valence-corrected chi connectivity index (χ3v) is 4.62. The molecule has 0 spiro atoms. The summed E-state index contributed by atoms with van der Waals surface area (Å²) >= 11 is 3.53. The molecule has 1 aromatic carbocycles. The Morgan fingerprint density at radius 1 is 1.37 bits per heavy atom. The smallest absolute Gasteiger partial charge is 0.228 e. The molecule has 1 saturated heterocycles. The van der Waals surface area contributed by atoms with E-state index in [2.05, 4.69) is 26.6 Å². The summed E-state index contributed by atoms with van der Waals surface area (Å²) in [6.45, 7) is 5.89. The predicted molar refractivity (Wildman–Crippen MR) is 85.1 cm³/mol. The van der Waals surface area contributed by atoms with Crippen LogP contribution in [0.15, 0.2) is 16.6 Å². The Hall–Kier alpha value is -0.580. The van der Waals surface area contributed by atoms with Gasteiger partial charge in [0.1, 0.15) is 0 Å². The second-order valence-electron chi connectivity index (χ2n) is 4.96. The predicted octanol–water partition coefficient (Wildman–Crippen LogP) is 3.43. The van der Waals surface area contributed by atoms with Crippen molar-refractivity contribution in [3.63, 3.8) is 0 Å². The van der Waals surface area contributed by atoms with Gasteiger partial charge in [-0.15, -0.1) is 12.4 Å². The quantitative estimate of drug-likeness (QED) is 0.860. The van der Waals surface area contributed by atoms with Crippen molar-refractivity contribution in [1.82, 2.24) is 5.32 Å². The highest BCUT2D eigenvalue weighted by Gasteiger charge is 2.21. The number of nitrogens with one attached hydrogen (secondary N) is 2. The summed E-state index contributed by atoms with van der Waals surface area (Å²) in [4.78, 5) is 12.1. The first-order chi connectivity index (χ1) is 8.58. The number of aryl methyl sites for hydroxylation is 2. The maximum absolute atomic E-state index is 12.1. The van der Waals surface area contributed by atoms with Crippen LogP contribution in [0.25, 0.3) is 0 Å². The van der Waals surface area contributed by atoms with Crippen molar-refractivity contribution >= 4 is 39.9 Å². The summed E-state index contributed by atoms with van der Waals surface area (Å²) in [6, 6.07) is 4.01. The van der Waals surface area contributed by atoms with Gasteiger partial charge in [-0.2, -0.15) is 0 Å². The number of anilines is 1. The molecule has 1 amide bonds. The largest absolute Gasteiger partial charge is 0.326 e. The van der Waals surface area contributed by atoms with Crippen LogP contribution in [0, 0.1) is 19.8 Å². The van der Waals surface area contributed by atoms with Gasteiger partial charge in [0.25, 0.3) is 0 Å². The third-order valence-electron chi connectivity index (χ3n) is 3.37. The fraction of sp³-hybridized carbons (Fsp3) is 0.500. The molecule has 1 aliphatic heterocycles. The molecule has 0 aromatic heterocycles. The van der Waals surface area contributed by atoms with Gasteiger partial charge in [0.05, 0.1) is 5.92 Å². The van der Waals surface area contributed by atoms with Gasteiger partial charge in [0, 0.05) is 16.7 Å². The average Bonchev–Trinajstić information content (AvgIpc) is 2.37. The summed E-state index contributed by atoms with van der Waals surface area (Å²) in [6.07, 6.45) is 2.06. The first-order valence-electron chi connectivity index (χ1n) is 6.36. The zero-order valence-electron chi connectivity index (χ0n) is 11.3. The van der Waals surface area contributed by atoms with Crippen LogP contribution in [-0.4, -0.2) is 19.0 Å². The average molecular weight is 348 g/mol. The first kappa shape index (κ1) is 16.5. The van der Waals surface area contributed by atoms with E-state index in [1.165, 1.54) is 0 Å². The number of rotatable bonds is 2. The monoisotopic (exact) mass is 346 g/mol. The zero-order valence-corrected chi connectivity index (χ0v) is 13.7. The number of amides is 1. The number of halogens is 2. The minimum Gasteiger partial charge on any atom is -0.326 e. The second-order valence-corrected chi connectivity index (χ2v) is 5.75. The van der Waals surface area contributed by atoms with Crippen molar-refractivity contribution < 1.29 is 4.79 Å². The van der Waals surface area contributed by atoms with E-state index in [-0.39, 0.29) is 24.2 Å². The lowest BCUT2D eigenvalue weighted by molar-refractivity contribution is -0.120. The van der Waals surface area contributed by atoms with E-state index in [1.807, 2.05) is 26.0 Å². The number of carbonyl (C=O) groups is 1. The lowest BCUT2D eigenvalue weighted by Gasteiger charge is -2.22. The van der Waals surface area contributed by atoms with Crippen LogP contribution < -0.4 is 10.6 Å². The van der Waals surface area contributed by atoms with Crippen LogP contribution in [0.2, 0.25) is 0 Å². The Balaban J connectivity index is 0.00000180. The number of benzene rings is 1. The SMILES string of the molecule is Cc1cc(NC(=O)[C@@H]2CCCNC2)cc(C)c1Br.Cl. The van der Waals surface area contributed by atoms with Crippen LogP contribution in [0.3, 0.4) is 0 Å². The summed E-state index contributed by atoms with van der Waals surface area (Å²) in [5.74, 6) is 0.228. The van der Waals surface area contributed by atoms with Crippen molar-refractivity contribution in [2.75, 3.05) is 18.4 Å². The van der Waals surface area contributed by atoms with Gasteiger partial charge in [-0.3, -0.25) is 4.79 Å². The maximum Gasteiger partial charge on any atom is 0.228 e. The van der Waals surface area contributed by atoms with Gasteiger partial charge in [-0.25, -0.2) is 0 Å². The molecule has 0 bridgehead atoms. The molecule has 3 nitrogen and oxygen atoms in total. The molecule has 0 saturated carbocycles. The topological polar surface area (TPSA) is 41.1 Å². The van der Waals surface area contributed by atoms with Gasteiger partial charge in [-0.05, 0) is 56.5 Å². The van der Waals surface area contributed by atoms with Crippen molar-refractivity contribution in [3.8, 4) is 0 Å². The number of carbonyl (C=O) groups excluding carboxylic acids is 1. The lowest BCUT2D eigenvalue weighted by Crippen LogP contribution is -2.37. The minimum absolute atomic E-state index is 0. The molecular weight excluding hydrogens is 328 g/mol. The first-order valence-corrected chi connectivity index (χ1v) is 7.15. The fourth-order valence-electron chi connectivity index (χ4n) is 2.34. The molecule has 1 heterocycles. The molecule has 1 atom stereocenters. The summed E-state index contributed by atoms with van der Waals surface area (Å²) in [5, 5.41) is 6.29. The summed E-state index contributed by atoms with van der Waals surface area (Å²) < 4.78 is 1.11. The normalized spacial score (nSPS) is 18.6. The molecule has 1 aromatic rings. The molecule has 2 rings (SSSR count). The van der Waals surface area contributed by atoms with Crippen LogP contribution in [0.1, 0.15) is 24.0 Å². The molecule has 0 unspecified atom stereocenters. The Labute approximate surface area is 129 Å². The van der Waals surface area contributed by atoms with E-state index in [4.69, 9.17) is 0 Å². The maximum atomic E-state index is 12.1. The van der Waals surface area contributed by atoms with E-state index >= 15 is 0 Å². The van der Waals surface area contributed by atoms with E-state index < -0.39 is 0 Å². The minimum atomic E-state index is 0. The van der Waals surface area contributed by atoms with Crippen LogP contribution >= 0.6 is 28.3 Å². The van der Waals surface area contributed by atoms with Gasteiger partial charge >= 0.3 is 0 Å². The second kappa shape index (κ2) is 7.27. The summed E-state index contributed by atoms with van der Waals surface area (Å²) in [7, 11) is 0. The number of piperidine rings is 1. The van der Waals surface area contributed by atoms with Gasteiger partial charge < -0.3 is 10.6 Å². The fourth-order valence-corrected chi connectivity index (χ4v) is 2.57. The molecule has 2 N–H and O–H groups in total. The highest BCUT2D eigenvalue weighted by atomic mass is 79.9. The summed E-state index contributed by atoms with van der Waals surface area (Å²) in [5.41, 5.74) is 3.18. The van der Waals surface area contributed by atoms with Crippen molar-refractivity contribution in [1.29, 1.82) is 0 Å². The highest BCUT2D eigenvalue weighted by molar-refractivity contribution is 9.10. The van der Waals surface area contributed by atoms with E-state index in [1.54, 1.807) is 0 Å². The Morgan fingerprint density at radius 3 is 2.53 bits per heavy atom. The molecule has 0 aliphatic carbocycles. The van der Waals surface area contributed by atoms with Gasteiger partial charge in [0.2, 0.25) is 5.91 Å². The molecule has 1 fully saturated rings. The van der Waals surface area contributed by atoms with E-state index in [0.29, 0.717) is 0 Å². The zero-order chi connectivity index (χ0) is 13.1. The van der Waals surface area contributed by atoms with E-state index in [0.717, 1.165) is 47.2 Å². The van der Waals surface area contributed by atoms with Crippen molar-refractivity contribution in [2.45, 2.75) is 26.7 Å². The molecule has 19 heavy (non-hydrogen) atoms. The van der Waals surface area contributed by atoms with Gasteiger partial charge in [0.15, 0.2) is 0 Å². The Kier molecular flexibility index (Phi) is 6.30. The Morgan fingerprint density at radius 2 is 2.00 bits per heavy atom. The van der Waals surface area contributed by atoms with Crippen LogP contribution in [-0.2, 0) is 4.79 Å². The van der Waals surface area contributed by atoms with E-state index in [9.17, 15) is 4.79 Å². The number of hydrogen-bond acceptors (Lipinski definition) is 2. The highest BCUT2D eigenvalue weighted by Crippen LogP contribution is 2.25. The van der Waals surface area contributed by atoms with Crippen molar-refractivity contribution in [3.05, 3.63) is 27.7 Å². The van der Waals surface area contributed by atoms with Crippen LogP contribution in [0.4, 0.5) is 5.69 Å². The van der Waals surface area contributed by atoms with Gasteiger partial charge in [-0.1, -0.05) is 15.9 Å². The standard InChI is InChI=1S/C14H19BrN2O.ClH/c1-9-6-12(7-10(2)13(9)15)17-14(18)11-4-3-5-16-8-11;/h6-7,11,16H,3-5,8H2,1-2H3,(H,17,18);1H/t11-;/m1./s1. The Bertz CT molecular complexity index is 436. The molecule has 5 heteroatoms. The van der Waals surface area contributed by atoms with Crippen molar-refractivity contribution in [2.24, 2.45) is 5.92 Å². The third kappa shape index (κ3) is 4.20. The number of hydrogen-bond donors (Lipinski definition) is 2. The molecular formula is C14H20BrClN2O. The molecule has 0 radical (unpaired) electrons. The van der Waals surface area contributed by atoms with Crippen LogP contribution in [0.5, 0.6) is 0 Å².